The zero-order valence-electron chi connectivity index (χ0n) is 15.9. The topological polar surface area (TPSA) is 52.6 Å². The number of carbonyl (C=O) groups excluding carboxylic acids is 1. The van der Waals surface area contributed by atoms with Gasteiger partial charge in [-0.15, -0.1) is 0 Å². The third kappa shape index (κ3) is 4.11. The fourth-order valence-corrected chi connectivity index (χ4v) is 4.01. The number of piperazine rings is 1. The van der Waals surface area contributed by atoms with Gasteiger partial charge in [0.15, 0.2) is 0 Å². The predicted molar refractivity (Wildman–Crippen MR) is 106 cm³/mol. The van der Waals surface area contributed by atoms with Crippen molar-refractivity contribution in [2.75, 3.05) is 37.6 Å². The minimum Gasteiger partial charge on any atom is -0.357 e. The lowest BCUT2D eigenvalue weighted by Crippen LogP contribution is -2.53. The second kappa shape index (κ2) is 8.05. The van der Waals surface area contributed by atoms with Crippen LogP contribution in [-0.4, -0.2) is 64.4 Å². The normalized spacial score (nSPS) is 20.9. The summed E-state index contributed by atoms with van der Waals surface area (Å²) in [6, 6.07) is 10.1. The summed E-state index contributed by atoms with van der Waals surface area (Å²) in [7, 11) is 0. The van der Waals surface area contributed by atoms with Gasteiger partial charge in [0.05, 0.1) is 11.3 Å². The van der Waals surface area contributed by atoms with Gasteiger partial charge in [-0.2, -0.15) is 0 Å². The monoisotopic (exact) mass is 365 g/mol. The number of hydrogen-bond acceptors (Lipinski definition) is 5. The van der Waals surface area contributed by atoms with E-state index in [1.165, 1.54) is 12.8 Å². The second-order valence-corrected chi connectivity index (χ2v) is 7.50. The number of pyridine rings is 2. The molecular weight excluding hydrogens is 338 g/mol. The van der Waals surface area contributed by atoms with Crippen molar-refractivity contribution in [3.8, 4) is 0 Å². The Bertz CT molecular complexity index is 758. The van der Waals surface area contributed by atoms with Crippen LogP contribution in [0.25, 0.3) is 0 Å². The Morgan fingerprint density at radius 1 is 1.07 bits per heavy atom. The van der Waals surface area contributed by atoms with Gasteiger partial charge in [-0.25, -0.2) is 4.98 Å². The van der Waals surface area contributed by atoms with Crippen LogP contribution in [0.5, 0.6) is 0 Å². The third-order valence-electron chi connectivity index (χ3n) is 5.51. The molecule has 0 aliphatic carbocycles. The van der Waals surface area contributed by atoms with Gasteiger partial charge in [-0.05, 0) is 44.0 Å². The summed E-state index contributed by atoms with van der Waals surface area (Å²) in [6.07, 6.45) is 6.02. The molecule has 0 saturated carbocycles. The zero-order valence-corrected chi connectivity index (χ0v) is 15.9. The van der Waals surface area contributed by atoms with E-state index in [0.29, 0.717) is 5.56 Å². The van der Waals surface area contributed by atoms with Crippen LogP contribution in [-0.2, 0) is 6.54 Å². The first-order valence-electron chi connectivity index (χ1n) is 9.85. The van der Waals surface area contributed by atoms with E-state index in [0.717, 1.165) is 50.8 Å². The largest absolute Gasteiger partial charge is 0.357 e. The summed E-state index contributed by atoms with van der Waals surface area (Å²) < 4.78 is 0. The van der Waals surface area contributed by atoms with Gasteiger partial charge >= 0.3 is 0 Å². The molecule has 0 bridgehead atoms. The minimum atomic E-state index is 0.0838. The Balaban J connectivity index is 1.36. The molecule has 0 radical (unpaired) electrons. The Kier molecular flexibility index (Phi) is 5.34. The van der Waals surface area contributed by atoms with E-state index >= 15 is 0 Å². The van der Waals surface area contributed by atoms with Crippen molar-refractivity contribution in [2.24, 2.45) is 0 Å². The molecule has 6 heteroatoms. The molecule has 2 aliphatic heterocycles. The van der Waals surface area contributed by atoms with Gasteiger partial charge in [0.1, 0.15) is 5.82 Å². The smallest absolute Gasteiger partial charge is 0.255 e. The summed E-state index contributed by atoms with van der Waals surface area (Å²) >= 11 is 0. The van der Waals surface area contributed by atoms with Gasteiger partial charge < -0.3 is 9.80 Å². The molecule has 142 valence electrons. The van der Waals surface area contributed by atoms with Crippen molar-refractivity contribution in [1.29, 1.82) is 0 Å². The lowest BCUT2D eigenvalue weighted by molar-refractivity contribution is 0.0473. The van der Waals surface area contributed by atoms with Gasteiger partial charge in [-0.3, -0.25) is 14.7 Å². The number of rotatable bonds is 4. The number of amides is 1. The zero-order chi connectivity index (χ0) is 18.6. The fourth-order valence-electron chi connectivity index (χ4n) is 4.01. The highest BCUT2D eigenvalue weighted by Gasteiger charge is 2.28. The van der Waals surface area contributed by atoms with E-state index in [9.17, 15) is 4.79 Å². The van der Waals surface area contributed by atoms with Crippen LogP contribution >= 0.6 is 0 Å². The summed E-state index contributed by atoms with van der Waals surface area (Å²) in [4.78, 5) is 28.5. The van der Waals surface area contributed by atoms with Gasteiger partial charge in [-0.1, -0.05) is 6.07 Å². The summed E-state index contributed by atoms with van der Waals surface area (Å²) in [5.41, 5.74) is 1.76. The average molecular weight is 365 g/mol. The lowest BCUT2D eigenvalue weighted by atomic mass is 10.1. The maximum atomic E-state index is 12.9. The van der Waals surface area contributed by atoms with Crippen LogP contribution in [0, 0.1) is 0 Å². The first kappa shape index (κ1) is 17.9. The molecule has 4 rings (SSSR count). The van der Waals surface area contributed by atoms with Crippen LogP contribution in [0.4, 0.5) is 5.82 Å². The highest BCUT2D eigenvalue weighted by atomic mass is 16.2. The number of hydrogen-bond donors (Lipinski definition) is 0. The molecule has 2 fully saturated rings. The van der Waals surface area contributed by atoms with E-state index in [1.54, 1.807) is 6.20 Å². The van der Waals surface area contributed by atoms with Crippen molar-refractivity contribution >= 4 is 11.7 Å². The molecule has 2 aromatic heterocycles. The molecule has 4 heterocycles. The Hall–Kier alpha value is -2.47. The third-order valence-corrected chi connectivity index (χ3v) is 5.51. The summed E-state index contributed by atoms with van der Waals surface area (Å²) in [5, 5.41) is 0. The molecule has 0 spiro atoms. The standard InChI is InChI=1S/C21H27N5O/c1-17-15-24(16-19-6-2-3-9-22-19)12-13-26(17)21(27)18-7-8-20(23-14-18)25-10-4-5-11-25/h2-3,6-9,14,17H,4-5,10-13,15-16H2,1H3/t17-/m0/s1. The Morgan fingerprint density at radius 2 is 1.93 bits per heavy atom. The molecule has 0 N–H and O–H groups in total. The maximum Gasteiger partial charge on any atom is 0.255 e. The molecule has 27 heavy (non-hydrogen) atoms. The van der Waals surface area contributed by atoms with E-state index in [1.807, 2.05) is 35.4 Å². The molecule has 0 unspecified atom stereocenters. The lowest BCUT2D eigenvalue weighted by Gasteiger charge is -2.39. The molecule has 1 amide bonds. The van der Waals surface area contributed by atoms with Crippen molar-refractivity contribution in [3.05, 3.63) is 54.0 Å². The molecule has 2 aliphatic rings. The quantitative estimate of drug-likeness (QED) is 0.833. The van der Waals surface area contributed by atoms with Crippen molar-refractivity contribution < 1.29 is 4.79 Å². The van der Waals surface area contributed by atoms with Crippen LogP contribution < -0.4 is 4.90 Å². The first-order chi connectivity index (χ1) is 13.2. The van der Waals surface area contributed by atoms with Crippen molar-refractivity contribution in [1.82, 2.24) is 19.8 Å². The number of anilines is 1. The first-order valence-corrected chi connectivity index (χ1v) is 9.85. The predicted octanol–water partition coefficient (Wildman–Crippen LogP) is 2.42. The number of aromatic nitrogens is 2. The SMILES string of the molecule is C[C@H]1CN(Cc2ccccn2)CCN1C(=O)c1ccc(N2CCCC2)nc1. The summed E-state index contributed by atoms with van der Waals surface area (Å²) in [6.45, 7) is 7.55. The van der Waals surface area contributed by atoms with Crippen LogP contribution in [0.2, 0.25) is 0 Å². The van der Waals surface area contributed by atoms with E-state index in [-0.39, 0.29) is 11.9 Å². The van der Waals surface area contributed by atoms with Gasteiger partial charge in [0.2, 0.25) is 0 Å². The highest BCUT2D eigenvalue weighted by molar-refractivity contribution is 5.94. The molecule has 2 aromatic rings. The van der Waals surface area contributed by atoms with Crippen LogP contribution in [0.3, 0.4) is 0 Å². The molecule has 2 saturated heterocycles. The van der Waals surface area contributed by atoms with Crippen molar-refractivity contribution in [2.45, 2.75) is 32.4 Å². The average Bonchev–Trinajstić information content (AvgIpc) is 3.23. The van der Waals surface area contributed by atoms with E-state index in [2.05, 4.69) is 32.8 Å². The van der Waals surface area contributed by atoms with Crippen molar-refractivity contribution in [3.63, 3.8) is 0 Å². The molecule has 6 nitrogen and oxygen atoms in total. The Labute approximate surface area is 160 Å². The molecular formula is C21H27N5O. The molecule has 0 aromatic carbocycles. The van der Waals surface area contributed by atoms with E-state index in [4.69, 9.17) is 0 Å². The second-order valence-electron chi connectivity index (χ2n) is 7.50. The maximum absolute atomic E-state index is 12.9. The minimum absolute atomic E-state index is 0.0838. The number of carbonyl (C=O) groups is 1. The van der Waals surface area contributed by atoms with E-state index < -0.39 is 0 Å². The number of nitrogens with zero attached hydrogens (tertiary/aromatic N) is 5. The Morgan fingerprint density at radius 3 is 2.59 bits per heavy atom. The molecule has 1 atom stereocenters. The summed E-state index contributed by atoms with van der Waals surface area (Å²) in [5.74, 6) is 1.07. The van der Waals surface area contributed by atoms with Gasteiger partial charge in [0.25, 0.3) is 5.91 Å². The fraction of sp³-hybridized carbons (Fsp3) is 0.476. The van der Waals surface area contributed by atoms with Crippen LogP contribution in [0.1, 0.15) is 35.8 Å². The highest BCUT2D eigenvalue weighted by Crippen LogP contribution is 2.20. The van der Waals surface area contributed by atoms with Crippen LogP contribution in [0.15, 0.2) is 42.7 Å². The van der Waals surface area contributed by atoms with Gasteiger partial charge in [0, 0.05) is 57.7 Å².